The molecule has 0 aliphatic carbocycles. The normalized spacial score (nSPS) is 7.94. The van der Waals surface area contributed by atoms with Crippen LogP contribution in [0.1, 0.15) is 19.8 Å². The molecular formula is C12H19N4P. The van der Waals surface area contributed by atoms with E-state index in [2.05, 4.69) is 48.7 Å². The van der Waals surface area contributed by atoms with Crippen LogP contribution in [0.15, 0.2) is 30.3 Å². The predicted molar refractivity (Wildman–Crippen MR) is 73.8 cm³/mol. The number of nitriles is 2. The highest BCUT2D eigenvalue weighted by Crippen LogP contribution is 2.11. The molecule has 17 heavy (non-hydrogen) atoms. The summed E-state index contributed by atoms with van der Waals surface area (Å²) in [5.41, 5.74) is 8.31. The van der Waals surface area contributed by atoms with Gasteiger partial charge in [-0.05, 0) is 17.9 Å². The summed E-state index contributed by atoms with van der Waals surface area (Å²) in [6, 6.07) is 10.7. The standard InChI is InChI=1S/C10H15P.2CH2N2/c1-2-3-9-11-10-7-5-4-6-8-10;2*2-1-3/h4-8,11H,2-3,9H2,1H3;2*2H2. The lowest BCUT2D eigenvalue weighted by atomic mass is 10.4. The Kier molecular flexibility index (Phi) is 17.3. The third-order valence-electron chi connectivity index (χ3n) is 1.63. The minimum Gasteiger partial charge on any atom is -0.337 e. The lowest BCUT2D eigenvalue weighted by Gasteiger charge is -1.98. The van der Waals surface area contributed by atoms with Gasteiger partial charge in [-0.2, -0.15) is 10.5 Å². The van der Waals surface area contributed by atoms with Crippen LogP contribution in [0.2, 0.25) is 0 Å². The first kappa shape index (κ1) is 17.6. The zero-order chi connectivity index (χ0) is 13.4. The minimum absolute atomic E-state index is 1.01. The molecule has 0 aliphatic rings. The van der Waals surface area contributed by atoms with Crippen molar-refractivity contribution in [2.24, 2.45) is 11.5 Å². The minimum atomic E-state index is 1.01. The van der Waals surface area contributed by atoms with Gasteiger partial charge in [-0.1, -0.05) is 52.3 Å². The van der Waals surface area contributed by atoms with Gasteiger partial charge >= 0.3 is 0 Å². The molecule has 1 aromatic carbocycles. The highest BCUT2D eigenvalue weighted by Gasteiger charge is 1.88. The van der Waals surface area contributed by atoms with E-state index < -0.39 is 0 Å². The molecule has 92 valence electrons. The summed E-state index contributed by atoms with van der Waals surface area (Å²) in [5.74, 6) is 0. The van der Waals surface area contributed by atoms with Gasteiger partial charge in [-0.3, -0.25) is 0 Å². The third-order valence-corrected chi connectivity index (χ3v) is 2.98. The van der Waals surface area contributed by atoms with Gasteiger partial charge in [0.1, 0.15) is 0 Å². The van der Waals surface area contributed by atoms with Crippen molar-refractivity contribution in [1.82, 2.24) is 0 Å². The number of hydrogen-bond acceptors (Lipinski definition) is 4. The molecule has 1 unspecified atom stereocenters. The maximum atomic E-state index is 7.10. The Labute approximate surface area is 105 Å². The average Bonchev–Trinajstić information content (AvgIpc) is 2.33. The van der Waals surface area contributed by atoms with Crippen molar-refractivity contribution < 1.29 is 0 Å². The molecule has 0 bridgehead atoms. The molecule has 1 rings (SSSR count). The predicted octanol–water partition coefficient (Wildman–Crippen LogP) is 1.64. The largest absolute Gasteiger partial charge is 0.337 e. The molecule has 0 aliphatic heterocycles. The Balaban J connectivity index is 0. The molecule has 0 radical (unpaired) electrons. The van der Waals surface area contributed by atoms with Gasteiger partial charge in [0.2, 0.25) is 0 Å². The first-order chi connectivity index (χ1) is 8.26. The second-order valence-electron chi connectivity index (χ2n) is 2.90. The quantitative estimate of drug-likeness (QED) is 0.367. The van der Waals surface area contributed by atoms with Gasteiger partial charge in [0, 0.05) is 0 Å². The molecule has 0 spiro atoms. The van der Waals surface area contributed by atoms with Gasteiger partial charge in [-0.25, -0.2) is 0 Å². The van der Waals surface area contributed by atoms with E-state index in [4.69, 9.17) is 10.5 Å². The van der Waals surface area contributed by atoms with E-state index in [1.165, 1.54) is 36.7 Å². The maximum absolute atomic E-state index is 7.10. The van der Waals surface area contributed by atoms with E-state index in [1.807, 2.05) is 0 Å². The van der Waals surface area contributed by atoms with E-state index in [0.717, 1.165) is 8.58 Å². The number of rotatable bonds is 4. The number of benzene rings is 1. The van der Waals surface area contributed by atoms with E-state index in [1.54, 1.807) is 0 Å². The third kappa shape index (κ3) is 16.9. The molecule has 1 atom stereocenters. The second kappa shape index (κ2) is 16.7. The Morgan fingerprint density at radius 3 is 2.00 bits per heavy atom. The first-order valence-corrected chi connectivity index (χ1v) is 6.45. The van der Waals surface area contributed by atoms with E-state index >= 15 is 0 Å². The number of nitrogens with two attached hydrogens (primary N) is 2. The van der Waals surface area contributed by atoms with Crippen LogP contribution in [-0.2, 0) is 0 Å². The van der Waals surface area contributed by atoms with Gasteiger partial charge in [0.05, 0.1) is 0 Å². The molecule has 5 heteroatoms. The van der Waals surface area contributed by atoms with Crippen LogP contribution in [0.3, 0.4) is 0 Å². The molecule has 0 heterocycles. The zero-order valence-electron chi connectivity index (χ0n) is 10.1. The van der Waals surface area contributed by atoms with Crippen LogP contribution in [0, 0.1) is 22.9 Å². The van der Waals surface area contributed by atoms with Crippen LogP contribution in [0.25, 0.3) is 0 Å². The first-order valence-electron chi connectivity index (χ1n) is 5.25. The molecule has 0 aromatic heterocycles. The Morgan fingerprint density at radius 2 is 1.59 bits per heavy atom. The van der Waals surface area contributed by atoms with Crippen LogP contribution in [0.4, 0.5) is 0 Å². The molecule has 4 nitrogen and oxygen atoms in total. The molecule has 0 fully saturated rings. The molecule has 1 aromatic rings. The monoisotopic (exact) mass is 250 g/mol. The van der Waals surface area contributed by atoms with Crippen molar-refractivity contribution in [1.29, 1.82) is 10.5 Å². The van der Waals surface area contributed by atoms with Crippen molar-refractivity contribution in [3.63, 3.8) is 0 Å². The summed E-state index contributed by atoms with van der Waals surface area (Å²) in [6.45, 7) is 2.25. The smallest absolute Gasteiger partial charge is 0.173 e. The number of hydrogen-bond donors (Lipinski definition) is 2. The van der Waals surface area contributed by atoms with E-state index in [-0.39, 0.29) is 0 Å². The van der Waals surface area contributed by atoms with Crippen LogP contribution in [-0.4, -0.2) is 6.16 Å². The van der Waals surface area contributed by atoms with Gasteiger partial charge in [0.25, 0.3) is 0 Å². The number of unbranched alkanes of at least 4 members (excludes halogenated alkanes) is 1. The summed E-state index contributed by atoms with van der Waals surface area (Å²) >= 11 is 0. The molecule has 0 saturated heterocycles. The van der Waals surface area contributed by atoms with Crippen molar-refractivity contribution in [3.05, 3.63) is 30.3 Å². The van der Waals surface area contributed by atoms with Crippen LogP contribution < -0.4 is 16.8 Å². The van der Waals surface area contributed by atoms with Gasteiger partial charge in [-0.15, -0.1) is 0 Å². The fourth-order valence-electron chi connectivity index (χ4n) is 0.966. The lowest BCUT2D eigenvalue weighted by Crippen LogP contribution is -1.92. The Morgan fingerprint density at radius 1 is 1.12 bits per heavy atom. The fourth-order valence-corrected chi connectivity index (χ4v) is 2.21. The molecule has 0 saturated carbocycles. The van der Waals surface area contributed by atoms with Gasteiger partial charge in [0.15, 0.2) is 12.4 Å². The average molecular weight is 250 g/mol. The summed E-state index contributed by atoms with van der Waals surface area (Å²) in [4.78, 5) is 0. The summed E-state index contributed by atoms with van der Waals surface area (Å²) in [5, 5.41) is 15.7. The second-order valence-corrected chi connectivity index (χ2v) is 4.34. The van der Waals surface area contributed by atoms with Crippen LogP contribution in [0.5, 0.6) is 0 Å². The van der Waals surface area contributed by atoms with E-state index in [0.29, 0.717) is 0 Å². The summed E-state index contributed by atoms with van der Waals surface area (Å²) < 4.78 is 0. The molecule has 4 N–H and O–H groups in total. The fraction of sp³-hybridized carbons (Fsp3) is 0.333. The Hall–Kier alpha value is -1.77. The highest BCUT2D eigenvalue weighted by molar-refractivity contribution is 7.47. The van der Waals surface area contributed by atoms with Crippen molar-refractivity contribution in [2.45, 2.75) is 19.8 Å². The zero-order valence-corrected chi connectivity index (χ0v) is 11.1. The molecule has 0 amide bonds. The Bertz CT molecular complexity index is 315. The van der Waals surface area contributed by atoms with Crippen molar-refractivity contribution in [2.75, 3.05) is 6.16 Å². The van der Waals surface area contributed by atoms with E-state index in [9.17, 15) is 0 Å². The summed E-state index contributed by atoms with van der Waals surface area (Å²) in [7, 11) is 1.01. The summed E-state index contributed by atoms with van der Waals surface area (Å²) in [6.07, 6.45) is 6.55. The number of nitrogens with zero attached hydrogens (tertiary/aromatic N) is 2. The SMILES string of the molecule is CCCCPc1ccccc1.N#CN.N#CN. The lowest BCUT2D eigenvalue weighted by molar-refractivity contribution is 0.895. The van der Waals surface area contributed by atoms with Crippen molar-refractivity contribution in [3.8, 4) is 12.4 Å². The maximum Gasteiger partial charge on any atom is 0.173 e. The van der Waals surface area contributed by atoms with Gasteiger partial charge < -0.3 is 11.5 Å². The van der Waals surface area contributed by atoms with Crippen LogP contribution >= 0.6 is 8.58 Å². The van der Waals surface area contributed by atoms with Crippen molar-refractivity contribution >= 4 is 13.9 Å². The molecular weight excluding hydrogens is 231 g/mol. The topological polar surface area (TPSA) is 99.6 Å². The highest BCUT2D eigenvalue weighted by atomic mass is 31.1.